The average molecular weight is 743 g/mol. The third kappa shape index (κ3) is 5.12. The molecule has 0 N–H and O–H groups in total. The first-order chi connectivity index (χ1) is 28.7. The van der Waals surface area contributed by atoms with Crippen molar-refractivity contribution in [1.29, 1.82) is 0 Å². The first-order valence-electron chi connectivity index (χ1n) is 19.3. The molecule has 0 saturated carbocycles. The summed E-state index contributed by atoms with van der Waals surface area (Å²) >= 11 is 0. The van der Waals surface area contributed by atoms with Crippen LogP contribution >= 0.6 is 0 Å². The van der Waals surface area contributed by atoms with Crippen LogP contribution < -0.4 is 0 Å². The van der Waals surface area contributed by atoms with Crippen molar-refractivity contribution in [2.24, 2.45) is 0 Å². The Labute approximate surface area is 331 Å². The van der Waals surface area contributed by atoms with E-state index < -0.39 is 0 Å². The van der Waals surface area contributed by atoms with Gasteiger partial charge in [0, 0.05) is 60.0 Å². The topological polar surface area (TPSA) is 77.8 Å². The zero-order valence-corrected chi connectivity index (χ0v) is 30.9. The molecule has 270 valence electrons. The van der Waals surface area contributed by atoms with E-state index in [1.807, 2.05) is 66.7 Å². The smallest absolute Gasteiger partial charge is 0.164 e. The van der Waals surface area contributed by atoms with Crippen LogP contribution in [-0.2, 0) is 0 Å². The first kappa shape index (κ1) is 32.3. The molecule has 12 aromatic rings. The Morgan fingerprint density at radius 3 is 1.67 bits per heavy atom. The standard InChI is InChI=1S/C52H30N4O2/c1-3-12-32(13-4-1)48-40-28-29-41-46-36(18-11-21-44(46)58-49(41)47(40)39-17-7-9-19-42(39)53-48)31-22-24-34(25-23-31)51-54-50(33-14-5-2-6-15-33)55-52(56-51)35-26-27-38-37-16-8-10-20-43(37)57-45(38)30-35/h1-30H. The second kappa shape index (κ2) is 12.8. The lowest BCUT2D eigenvalue weighted by Crippen LogP contribution is -2.00. The third-order valence-electron chi connectivity index (χ3n) is 11.1. The van der Waals surface area contributed by atoms with Crippen LogP contribution in [0.2, 0.25) is 0 Å². The van der Waals surface area contributed by atoms with Gasteiger partial charge < -0.3 is 8.83 Å². The van der Waals surface area contributed by atoms with Gasteiger partial charge in [0.25, 0.3) is 0 Å². The second-order valence-electron chi connectivity index (χ2n) is 14.5. The predicted molar refractivity (Wildman–Crippen MR) is 234 cm³/mol. The van der Waals surface area contributed by atoms with Crippen LogP contribution in [0.4, 0.5) is 0 Å². The number of furan rings is 2. The summed E-state index contributed by atoms with van der Waals surface area (Å²) in [4.78, 5) is 20.1. The average Bonchev–Trinajstić information content (AvgIpc) is 3.87. The van der Waals surface area contributed by atoms with Crippen molar-refractivity contribution in [3.63, 3.8) is 0 Å². The van der Waals surface area contributed by atoms with E-state index in [2.05, 4.69) is 115 Å². The highest BCUT2D eigenvalue weighted by Gasteiger charge is 2.20. The fraction of sp³-hybridized carbons (Fsp3) is 0. The van der Waals surface area contributed by atoms with Gasteiger partial charge in [0.1, 0.15) is 22.3 Å². The monoisotopic (exact) mass is 742 g/mol. The number of fused-ring (bicyclic) bond motifs is 10. The van der Waals surface area contributed by atoms with Crippen LogP contribution in [0.15, 0.2) is 191 Å². The molecule has 0 unspecified atom stereocenters. The molecule has 0 spiro atoms. The molecule has 0 fully saturated rings. The van der Waals surface area contributed by atoms with E-state index in [1.165, 1.54) is 0 Å². The normalized spacial score (nSPS) is 11.8. The third-order valence-corrected chi connectivity index (χ3v) is 11.1. The van der Waals surface area contributed by atoms with Gasteiger partial charge in [-0.25, -0.2) is 19.9 Å². The molecule has 4 aromatic heterocycles. The van der Waals surface area contributed by atoms with Crippen molar-refractivity contribution in [2.75, 3.05) is 0 Å². The van der Waals surface area contributed by atoms with Gasteiger partial charge in [0.2, 0.25) is 0 Å². The number of hydrogen-bond donors (Lipinski definition) is 0. The molecule has 0 aliphatic rings. The summed E-state index contributed by atoms with van der Waals surface area (Å²) in [6.45, 7) is 0. The summed E-state index contributed by atoms with van der Waals surface area (Å²) in [5, 5.41) is 7.48. The molecule has 12 rings (SSSR count). The van der Waals surface area contributed by atoms with Gasteiger partial charge in [-0.05, 0) is 47.5 Å². The van der Waals surface area contributed by atoms with Crippen LogP contribution in [0, 0.1) is 0 Å². The summed E-state index contributed by atoms with van der Waals surface area (Å²) in [6, 6.07) is 62.1. The zero-order valence-electron chi connectivity index (χ0n) is 30.9. The molecule has 58 heavy (non-hydrogen) atoms. The van der Waals surface area contributed by atoms with Crippen LogP contribution in [0.5, 0.6) is 0 Å². The Morgan fingerprint density at radius 2 is 0.879 bits per heavy atom. The quantitative estimate of drug-likeness (QED) is 0.163. The van der Waals surface area contributed by atoms with Crippen LogP contribution in [-0.4, -0.2) is 19.9 Å². The fourth-order valence-electron chi connectivity index (χ4n) is 8.39. The van der Waals surface area contributed by atoms with E-state index >= 15 is 0 Å². The van der Waals surface area contributed by atoms with Gasteiger partial charge in [-0.1, -0.05) is 146 Å². The lowest BCUT2D eigenvalue weighted by atomic mass is 9.95. The van der Waals surface area contributed by atoms with Gasteiger partial charge in [-0.15, -0.1) is 0 Å². The number of nitrogens with zero attached hydrogens (tertiary/aromatic N) is 4. The largest absolute Gasteiger partial charge is 0.456 e. The molecule has 6 heteroatoms. The van der Waals surface area contributed by atoms with Crippen LogP contribution in [0.3, 0.4) is 0 Å². The van der Waals surface area contributed by atoms with Gasteiger partial charge in [0.15, 0.2) is 17.5 Å². The molecule has 0 saturated heterocycles. The van der Waals surface area contributed by atoms with Crippen molar-refractivity contribution in [3.8, 4) is 56.5 Å². The van der Waals surface area contributed by atoms with Crippen molar-refractivity contribution < 1.29 is 8.83 Å². The van der Waals surface area contributed by atoms with E-state index in [0.29, 0.717) is 17.5 Å². The number of pyridine rings is 1. The lowest BCUT2D eigenvalue weighted by Gasteiger charge is -2.11. The fourth-order valence-corrected chi connectivity index (χ4v) is 8.39. The molecule has 0 aliphatic heterocycles. The number of benzene rings is 8. The van der Waals surface area contributed by atoms with Crippen molar-refractivity contribution in [3.05, 3.63) is 182 Å². The van der Waals surface area contributed by atoms with Crippen LogP contribution in [0.1, 0.15) is 0 Å². The Kier molecular flexibility index (Phi) is 7.13. The molecule has 0 atom stereocenters. The SMILES string of the molecule is c1ccc(-c2nc(-c3ccc(-c4cccc5oc6c(ccc7c(-c8ccccc8)nc8ccccc8c76)c45)cc3)nc(-c3ccc4c(c3)oc3ccccc34)n2)cc1. The summed E-state index contributed by atoms with van der Waals surface area (Å²) in [5.74, 6) is 1.78. The summed E-state index contributed by atoms with van der Waals surface area (Å²) < 4.78 is 13.0. The summed E-state index contributed by atoms with van der Waals surface area (Å²) in [5.41, 5.74) is 11.1. The highest BCUT2D eigenvalue weighted by Crippen LogP contribution is 2.43. The molecule has 0 aliphatic carbocycles. The van der Waals surface area contributed by atoms with E-state index in [4.69, 9.17) is 28.8 Å². The second-order valence-corrected chi connectivity index (χ2v) is 14.5. The maximum Gasteiger partial charge on any atom is 0.164 e. The number of hydrogen-bond acceptors (Lipinski definition) is 6. The number of rotatable bonds is 5. The number of para-hydroxylation sites is 2. The van der Waals surface area contributed by atoms with E-state index in [0.717, 1.165) is 105 Å². The van der Waals surface area contributed by atoms with Crippen molar-refractivity contribution >= 4 is 65.6 Å². The highest BCUT2D eigenvalue weighted by molar-refractivity contribution is 6.26. The van der Waals surface area contributed by atoms with Gasteiger partial charge in [0.05, 0.1) is 11.2 Å². The lowest BCUT2D eigenvalue weighted by molar-refractivity contribution is 0.669. The first-order valence-corrected chi connectivity index (χ1v) is 19.3. The molecular weight excluding hydrogens is 713 g/mol. The Morgan fingerprint density at radius 1 is 0.310 bits per heavy atom. The Bertz CT molecular complexity index is 3560. The predicted octanol–water partition coefficient (Wildman–Crippen LogP) is 13.7. The van der Waals surface area contributed by atoms with Gasteiger partial charge >= 0.3 is 0 Å². The minimum absolute atomic E-state index is 0.579. The minimum atomic E-state index is 0.579. The van der Waals surface area contributed by atoms with E-state index in [1.54, 1.807) is 0 Å². The zero-order chi connectivity index (χ0) is 38.2. The maximum absolute atomic E-state index is 6.81. The summed E-state index contributed by atoms with van der Waals surface area (Å²) in [7, 11) is 0. The molecule has 0 amide bonds. The van der Waals surface area contributed by atoms with Crippen LogP contribution in [0.25, 0.3) is 122 Å². The molecule has 8 aromatic carbocycles. The Balaban J connectivity index is 0.991. The molecule has 0 radical (unpaired) electrons. The Hall–Kier alpha value is -7.96. The van der Waals surface area contributed by atoms with Gasteiger partial charge in [-0.3, -0.25) is 0 Å². The maximum atomic E-state index is 6.81. The molecule has 0 bridgehead atoms. The molecule has 4 heterocycles. The molecular formula is C52H30N4O2. The van der Waals surface area contributed by atoms with Crippen molar-refractivity contribution in [1.82, 2.24) is 19.9 Å². The van der Waals surface area contributed by atoms with Gasteiger partial charge in [-0.2, -0.15) is 0 Å². The highest BCUT2D eigenvalue weighted by atomic mass is 16.3. The minimum Gasteiger partial charge on any atom is -0.456 e. The number of aromatic nitrogens is 4. The summed E-state index contributed by atoms with van der Waals surface area (Å²) in [6.07, 6.45) is 0. The van der Waals surface area contributed by atoms with Crippen molar-refractivity contribution in [2.45, 2.75) is 0 Å². The molecule has 6 nitrogen and oxygen atoms in total. The van der Waals surface area contributed by atoms with E-state index in [9.17, 15) is 0 Å². The van der Waals surface area contributed by atoms with E-state index in [-0.39, 0.29) is 0 Å².